The third kappa shape index (κ3) is 3.92. The van der Waals surface area contributed by atoms with Crippen molar-refractivity contribution in [3.8, 4) is 0 Å². The maximum absolute atomic E-state index is 6.21. The number of aryl methyl sites for hydroxylation is 1. The van der Waals surface area contributed by atoms with Crippen molar-refractivity contribution in [1.82, 2.24) is 0 Å². The third-order valence-electron chi connectivity index (χ3n) is 2.48. The van der Waals surface area contributed by atoms with Crippen LogP contribution in [0.25, 0.3) is 0 Å². The minimum atomic E-state index is 0. The Labute approximate surface area is 132 Å². The summed E-state index contributed by atoms with van der Waals surface area (Å²) in [5, 5.41) is 2.00. The zero-order chi connectivity index (χ0) is 12.3. The molecule has 0 aliphatic heterocycles. The van der Waals surface area contributed by atoms with Crippen molar-refractivity contribution in [2.75, 3.05) is 0 Å². The quantitative estimate of drug-likeness (QED) is 0.466. The molecule has 0 heterocycles. The summed E-state index contributed by atoms with van der Waals surface area (Å²) in [6.45, 7) is 2.04. The standard InChI is InChI=1S/C14H12ClPS.Li/c1-10-6-5-9-12(15)13(10)14(17)16-11-7-3-2-4-8-11;/h2-9,16H,1H3;/q;+1. The van der Waals surface area contributed by atoms with Crippen LogP contribution in [0.2, 0.25) is 5.02 Å². The van der Waals surface area contributed by atoms with Crippen molar-refractivity contribution in [3.05, 3.63) is 64.7 Å². The number of hydrogen-bond donors (Lipinski definition) is 0. The van der Waals surface area contributed by atoms with Crippen LogP contribution in [-0.4, -0.2) is 4.61 Å². The van der Waals surface area contributed by atoms with Gasteiger partial charge < -0.3 is 0 Å². The van der Waals surface area contributed by atoms with Crippen LogP contribution in [-0.2, 0) is 0 Å². The summed E-state index contributed by atoms with van der Waals surface area (Å²) in [6.07, 6.45) is 0. The molecule has 1 unspecified atom stereocenters. The van der Waals surface area contributed by atoms with E-state index in [1.807, 2.05) is 43.3 Å². The molecule has 0 aliphatic rings. The average Bonchev–Trinajstić information content (AvgIpc) is 2.30. The van der Waals surface area contributed by atoms with Crippen molar-refractivity contribution < 1.29 is 18.9 Å². The summed E-state index contributed by atoms with van der Waals surface area (Å²) >= 11 is 11.7. The fourth-order valence-electron chi connectivity index (χ4n) is 1.63. The zero-order valence-electron chi connectivity index (χ0n) is 10.4. The maximum Gasteiger partial charge on any atom is 1.00 e. The predicted molar refractivity (Wildman–Crippen MR) is 82.3 cm³/mol. The van der Waals surface area contributed by atoms with Gasteiger partial charge in [0.15, 0.2) is 0 Å². The Morgan fingerprint density at radius 1 is 1.06 bits per heavy atom. The first-order valence-corrected chi connectivity index (χ1v) is 7.08. The maximum atomic E-state index is 6.21. The molecule has 2 rings (SSSR count). The molecule has 2 aromatic rings. The van der Waals surface area contributed by atoms with Gasteiger partial charge in [-0.1, -0.05) is 66.3 Å². The molecule has 2 aromatic carbocycles. The van der Waals surface area contributed by atoms with Crippen LogP contribution in [0.15, 0.2) is 48.5 Å². The van der Waals surface area contributed by atoms with Crippen LogP contribution in [0.1, 0.15) is 11.1 Å². The van der Waals surface area contributed by atoms with E-state index in [-0.39, 0.29) is 18.9 Å². The van der Waals surface area contributed by atoms with Crippen molar-refractivity contribution >= 4 is 42.3 Å². The summed E-state index contributed by atoms with van der Waals surface area (Å²) in [6, 6.07) is 16.2. The van der Waals surface area contributed by atoms with E-state index in [4.69, 9.17) is 23.8 Å². The van der Waals surface area contributed by atoms with E-state index in [1.165, 1.54) is 5.30 Å². The van der Waals surface area contributed by atoms with Gasteiger partial charge in [-0.05, 0) is 32.4 Å². The van der Waals surface area contributed by atoms with Gasteiger partial charge in [0.2, 0.25) is 0 Å². The first kappa shape index (κ1) is 15.9. The van der Waals surface area contributed by atoms with E-state index in [1.54, 1.807) is 0 Å². The van der Waals surface area contributed by atoms with E-state index in [0.717, 1.165) is 20.8 Å². The third-order valence-corrected chi connectivity index (χ3v) is 4.41. The Morgan fingerprint density at radius 2 is 1.72 bits per heavy atom. The minimum Gasteiger partial charge on any atom is -0.0836 e. The summed E-state index contributed by atoms with van der Waals surface area (Å²) < 4.78 is 0.930. The molecular formula is C14H12ClLiPS+. The first-order chi connectivity index (χ1) is 8.18. The summed E-state index contributed by atoms with van der Waals surface area (Å²) in [5.41, 5.74) is 2.16. The SMILES string of the molecule is Cc1cccc(Cl)c1C(=S)Pc1ccccc1.[Li+]. The Morgan fingerprint density at radius 3 is 2.33 bits per heavy atom. The van der Waals surface area contributed by atoms with Crippen molar-refractivity contribution in [2.24, 2.45) is 0 Å². The topological polar surface area (TPSA) is 0 Å². The van der Waals surface area contributed by atoms with E-state index >= 15 is 0 Å². The number of rotatable bonds is 3. The van der Waals surface area contributed by atoms with E-state index in [2.05, 4.69) is 12.1 Å². The average molecular weight is 286 g/mol. The predicted octanol–water partition coefficient (Wildman–Crippen LogP) is 1.33. The largest absolute Gasteiger partial charge is 1.00 e. The van der Waals surface area contributed by atoms with Gasteiger partial charge in [-0.15, -0.1) is 0 Å². The summed E-state index contributed by atoms with van der Waals surface area (Å²) in [4.78, 5) is 0. The van der Waals surface area contributed by atoms with E-state index in [0.29, 0.717) is 8.58 Å². The van der Waals surface area contributed by atoms with Gasteiger partial charge in [0, 0.05) is 15.2 Å². The fourth-order valence-corrected chi connectivity index (χ4v) is 3.79. The van der Waals surface area contributed by atoms with Gasteiger partial charge in [-0.2, -0.15) is 0 Å². The Balaban J connectivity index is 0.00000162. The smallest absolute Gasteiger partial charge is 0.0836 e. The summed E-state index contributed by atoms with van der Waals surface area (Å²) in [7, 11) is 0.495. The number of benzene rings is 2. The molecule has 1 atom stereocenters. The summed E-state index contributed by atoms with van der Waals surface area (Å²) in [5.74, 6) is 0. The van der Waals surface area contributed by atoms with Gasteiger partial charge >= 0.3 is 18.9 Å². The monoisotopic (exact) mass is 285 g/mol. The van der Waals surface area contributed by atoms with Crippen LogP contribution in [0.4, 0.5) is 0 Å². The second-order valence-electron chi connectivity index (χ2n) is 3.75. The molecule has 0 spiro atoms. The second kappa shape index (κ2) is 7.44. The van der Waals surface area contributed by atoms with Crippen LogP contribution in [0.3, 0.4) is 0 Å². The van der Waals surface area contributed by atoms with Crippen LogP contribution in [0, 0.1) is 6.92 Å². The molecule has 0 bridgehead atoms. The van der Waals surface area contributed by atoms with Gasteiger partial charge in [-0.3, -0.25) is 0 Å². The molecule has 0 aromatic heterocycles. The minimum absolute atomic E-state index is 0. The number of halogens is 1. The second-order valence-corrected chi connectivity index (χ2v) is 6.26. The van der Waals surface area contributed by atoms with Gasteiger partial charge in [0.25, 0.3) is 0 Å². The molecule has 0 nitrogen and oxygen atoms in total. The zero-order valence-corrected chi connectivity index (χ0v) is 13.0. The van der Waals surface area contributed by atoms with Gasteiger partial charge in [0.1, 0.15) is 0 Å². The van der Waals surface area contributed by atoms with E-state index < -0.39 is 0 Å². The molecule has 0 aliphatic carbocycles. The van der Waals surface area contributed by atoms with E-state index in [9.17, 15) is 0 Å². The molecule has 0 radical (unpaired) electrons. The molecule has 0 saturated heterocycles. The van der Waals surface area contributed by atoms with Crippen LogP contribution in [0.5, 0.6) is 0 Å². The van der Waals surface area contributed by atoms with Gasteiger partial charge in [-0.25, -0.2) is 0 Å². The van der Waals surface area contributed by atoms with Gasteiger partial charge in [0.05, 0.1) is 0 Å². The molecule has 18 heavy (non-hydrogen) atoms. The first-order valence-electron chi connectivity index (χ1n) is 5.30. The van der Waals surface area contributed by atoms with Crippen molar-refractivity contribution in [1.29, 1.82) is 0 Å². The van der Waals surface area contributed by atoms with Crippen LogP contribution >= 0.6 is 32.4 Å². The molecule has 0 N–H and O–H groups in total. The van der Waals surface area contributed by atoms with Crippen molar-refractivity contribution in [2.45, 2.75) is 6.92 Å². The number of hydrogen-bond acceptors (Lipinski definition) is 1. The molecule has 0 fully saturated rings. The molecule has 4 heteroatoms. The normalized spacial score (nSPS) is 10.3. The Bertz CT molecular complexity index is 522. The Kier molecular flexibility index (Phi) is 6.57. The van der Waals surface area contributed by atoms with Crippen molar-refractivity contribution in [3.63, 3.8) is 0 Å². The Hall–Kier alpha value is -0.153. The number of thiocarbonyl (C=S) groups is 1. The fraction of sp³-hybridized carbons (Fsp3) is 0.0714. The van der Waals surface area contributed by atoms with Crippen LogP contribution < -0.4 is 24.2 Å². The molecule has 0 saturated carbocycles. The molecular weight excluding hydrogens is 274 g/mol. The molecule has 0 amide bonds. The molecule has 86 valence electrons.